The third-order valence-corrected chi connectivity index (χ3v) is 6.26. The predicted octanol–water partition coefficient (Wildman–Crippen LogP) is 4.82. The van der Waals surface area contributed by atoms with Crippen LogP contribution in [-0.2, 0) is 26.1 Å². The van der Waals surface area contributed by atoms with Crippen molar-refractivity contribution in [2.75, 3.05) is 5.32 Å². The summed E-state index contributed by atoms with van der Waals surface area (Å²) >= 11 is 0. The van der Waals surface area contributed by atoms with E-state index in [0.29, 0.717) is 25.2 Å². The number of amides is 3. The molecular weight excluding hydrogens is 386 g/mol. The van der Waals surface area contributed by atoms with Crippen molar-refractivity contribution in [3.63, 3.8) is 0 Å². The number of rotatable bonds is 2. The lowest BCUT2D eigenvalue weighted by Gasteiger charge is -2.35. The zero-order valence-electron chi connectivity index (χ0n) is 17.5. The third kappa shape index (κ3) is 3.79. The van der Waals surface area contributed by atoms with Crippen molar-refractivity contribution in [2.24, 2.45) is 0 Å². The van der Waals surface area contributed by atoms with E-state index >= 15 is 0 Å². The van der Waals surface area contributed by atoms with Gasteiger partial charge in [0.15, 0.2) is 0 Å². The van der Waals surface area contributed by atoms with Gasteiger partial charge in [0.25, 0.3) is 5.91 Å². The first-order valence-electron chi connectivity index (χ1n) is 10.7. The molecule has 31 heavy (non-hydrogen) atoms. The number of carbonyl (C=O) groups is 2. The van der Waals surface area contributed by atoms with E-state index in [1.165, 1.54) is 11.1 Å². The number of urea groups is 1. The second-order valence-corrected chi connectivity index (χ2v) is 8.39. The Balaban J connectivity index is 1.30. The molecule has 0 aliphatic carbocycles. The predicted molar refractivity (Wildman–Crippen MR) is 121 cm³/mol. The minimum absolute atomic E-state index is 0.0528. The monoisotopic (exact) mass is 411 g/mol. The van der Waals surface area contributed by atoms with Crippen LogP contribution in [0.15, 0.2) is 72.8 Å². The first kappa shape index (κ1) is 19.4. The number of hydrogen-bond acceptors (Lipinski definition) is 2. The molecule has 156 valence electrons. The van der Waals surface area contributed by atoms with Gasteiger partial charge in [-0.3, -0.25) is 4.79 Å². The van der Waals surface area contributed by atoms with Gasteiger partial charge in [0.2, 0.25) is 0 Å². The molecule has 2 aliphatic heterocycles. The first-order chi connectivity index (χ1) is 15.1. The molecule has 1 atom stereocenters. The molecule has 0 unspecified atom stereocenters. The number of benzene rings is 3. The highest BCUT2D eigenvalue weighted by Crippen LogP contribution is 2.28. The summed E-state index contributed by atoms with van der Waals surface area (Å²) in [5.41, 5.74) is 6.15. The van der Waals surface area contributed by atoms with Crippen molar-refractivity contribution >= 4 is 17.6 Å². The van der Waals surface area contributed by atoms with E-state index in [0.717, 1.165) is 23.2 Å². The van der Waals surface area contributed by atoms with Gasteiger partial charge in [-0.25, -0.2) is 4.79 Å². The molecule has 3 aromatic carbocycles. The zero-order chi connectivity index (χ0) is 21.4. The average Bonchev–Trinajstić information content (AvgIpc) is 3.22. The fraction of sp³-hybridized carbons (Fsp3) is 0.231. The molecular formula is C26H25N3O2. The highest BCUT2D eigenvalue weighted by atomic mass is 16.2. The SMILES string of the molecule is C[C@@H]1Cc2ccccc2CN1C(=O)c1ccc2c(c1)CN(C(=O)Nc1ccccc1)C2. The molecule has 5 rings (SSSR count). The van der Waals surface area contributed by atoms with Crippen molar-refractivity contribution in [2.45, 2.75) is 39.0 Å². The van der Waals surface area contributed by atoms with Crippen LogP contribution in [0.3, 0.4) is 0 Å². The van der Waals surface area contributed by atoms with Gasteiger partial charge < -0.3 is 15.1 Å². The Morgan fingerprint density at radius 2 is 1.48 bits per heavy atom. The molecule has 0 fully saturated rings. The Morgan fingerprint density at radius 1 is 0.806 bits per heavy atom. The Bertz CT molecular complexity index is 1140. The molecule has 3 amide bonds. The van der Waals surface area contributed by atoms with Crippen LogP contribution in [0.25, 0.3) is 0 Å². The van der Waals surface area contributed by atoms with Crippen molar-refractivity contribution in [3.8, 4) is 0 Å². The maximum atomic E-state index is 13.3. The maximum Gasteiger partial charge on any atom is 0.322 e. The van der Waals surface area contributed by atoms with Crippen LogP contribution < -0.4 is 5.32 Å². The number of hydrogen-bond donors (Lipinski definition) is 1. The van der Waals surface area contributed by atoms with Gasteiger partial charge in [-0.1, -0.05) is 48.5 Å². The van der Waals surface area contributed by atoms with Crippen LogP contribution in [-0.4, -0.2) is 27.8 Å². The number of nitrogens with zero attached hydrogens (tertiary/aromatic N) is 2. The van der Waals surface area contributed by atoms with Crippen molar-refractivity contribution in [1.29, 1.82) is 0 Å². The number of fused-ring (bicyclic) bond motifs is 2. The Labute approximate surface area is 182 Å². The third-order valence-electron chi connectivity index (χ3n) is 6.26. The van der Waals surface area contributed by atoms with Crippen LogP contribution in [0, 0.1) is 0 Å². The molecule has 0 saturated carbocycles. The van der Waals surface area contributed by atoms with E-state index in [2.05, 4.69) is 30.4 Å². The molecule has 0 aromatic heterocycles. The van der Waals surface area contributed by atoms with Gasteiger partial charge in [0.1, 0.15) is 0 Å². The van der Waals surface area contributed by atoms with Crippen LogP contribution in [0.5, 0.6) is 0 Å². The molecule has 1 N–H and O–H groups in total. The van der Waals surface area contributed by atoms with Crippen LogP contribution in [0.4, 0.5) is 10.5 Å². The molecule has 0 saturated heterocycles. The minimum atomic E-state index is -0.128. The van der Waals surface area contributed by atoms with Crippen LogP contribution in [0.2, 0.25) is 0 Å². The van der Waals surface area contributed by atoms with E-state index in [9.17, 15) is 9.59 Å². The fourth-order valence-electron chi connectivity index (χ4n) is 4.51. The summed E-state index contributed by atoms with van der Waals surface area (Å²) in [6, 6.07) is 23.7. The smallest absolute Gasteiger partial charge is 0.322 e. The van der Waals surface area contributed by atoms with Crippen molar-refractivity contribution in [3.05, 3.63) is 101 Å². The second-order valence-electron chi connectivity index (χ2n) is 8.39. The summed E-state index contributed by atoms with van der Waals surface area (Å²) in [5.74, 6) is 0.0528. The first-order valence-corrected chi connectivity index (χ1v) is 10.7. The summed E-state index contributed by atoms with van der Waals surface area (Å²) in [4.78, 5) is 29.7. The maximum absolute atomic E-state index is 13.3. The van der Waals surface area contributed by atoms with Crippen molar-refractivity contribution < 1.29 is 9.59 Å². The lowest BCUT2D eigenvalue weighted by Crippen LogP contribution is -2.42. The Kier molecular flexibility index (Phi) is 4.94. The quantitative estimate of drug-likeness (QED) is 0.657. The van der Waals surface area contributed by atoms with E-state index in [4.69, 9.17) is 0 Å². The Morgan fingerprint density at radius 3 is 2.29 bits per heavy atom. The van der Waals surface area contributed by atoms with Gasteiger partial charge in [0, 0.05) is 36.9 Å². The fourth-order valence-corrected chi connectivity index (χ4v) is 4.51. The molecule has 2 heterocycles. The number of nitrogens with one attached hydrogen (secondary N) is 1. The standard InChI is InChI=1S/C26H25N3O2/c1-18-13-19-7-5-6-8-21(19)17-29(18)25(30)20-11-12-22-15-28(16-23(22)14-20)26(31)27-24-9-3-2-4-10-24/h2-12,14,18H,13,15-17H2,1H3,(H,27,31)/t18-/m1/s1. The molecule has 0 spiro atoms. The summed E-state index contributed by atoms with van der Waals surface area (Å²) in [6.07, 6.45) is 0.875. The van der Waals surface area contributed by atoms with Crippen LogP contribution >= 0.6 is 0 Å². The van der Waals surface area contributed by atoms with E-state index in [1.54, 1.807) is 4.90 Å². The lowest BCUT2D eigenvalue weighted by molar-refractivity contribution is 0.0658. The summed E-state index contributed by atoms with van der Waals surface area (Å²) in [7, 11) is 0. The van der Waals surface area contributed by atoms with Gasteiger partial charge in [-0.15, -0.1) is 0 Å². The summed E-state index contributed by atoms with van der Waals surface area (Å²) in [6.45, 7) is 3.80. The van der Waals surface area contributed by atoms with Gasteiger partial charge >= 0.3 is 6.03 Å². The summed E-state index contributed by atoms with van der Waals surface area (Å²) < 4.78 is 0. The molecule has 0 bridgehead atoms. The molecule has 5 heteroatoms. The molecule has 2 aliphatic rings. The van der Waals surface area contributed by atoms with Gasteiger partial charge in [-0.2, -0.15) is 0 Å². The highest BCUT2D eigenvalue weighted by Gasteiger charge is 2.29. The molecule has 3 aromatic rings. The Hall–Kier alpha value is -3.60. The van der Waals surface area contributed by atoms with Gasteiger partial charge in [0.05, 0.1) is 0 Å². The second kappa shape index (κ2) is 7.91. The normalized spacial score (nSPS) is 17.1. The number of anilines is 1. The molecule has 0 radical (unpaired) electrons. The topological polar surface area (TPSA) is 52.7 Å². The number of carbonyl (C=O) groups excluding carboxylic acids is 2. The van der Waals surface area contributed by atoms with E-state index < -0.39 is 0 Å². The van der Waals surface area contributed by atoms with E-state index in [-0.39, 0.29) is 18.0 Å². The molecule has 5 nitrogen and oxygen atoms in total. The highest BCUT2D eigenvalue weighted by molar-refractivity contribution is 5.95. The van der Waals surface area contributed by atoms with E-state index in [1.807, 2.05) is 59.5 Å². The van der Waals surface area contributed by atoms with Gasteiger partial charge in [-0.05, 0) is 59.9 Å². The van der Waals surface area contributed by atoms with Crippen LogP contribution in [0.1, 0.15) is 39.5 Å². The zero-order valence-corrected chi connectivity index (χ0v) is 17.5. The average molecular weight is 412 g/mol. The minimum Gasteiger partial charge on any atom is -0.331 e. The number of para-hydroxylation sites is 1. The van der Waals surface area contributed by atoms with Crippen molar-refractivity contribution in [1.82, 2.24) is 9.80 Å². The lowest BCUT2D eigenvalue weighted by atomic mass is 9.94. The summed E-state index contributed by atoms with van der Waals surface area (Å²) in [5, 5.41) is 2.93. The largest absolute Gasteiger partial charge is 0.331 e.